The summed E-state index contributed by atoms with van der Waals surface area (Å²) >= 11 is 0. The number of Topliss-reactive ketones (excluding diaryl/α,β-unsaturated/α-hetero) is 1. The molecule has 0 aliphatic rings. The van der Waals surface area contributed by atoms with E-state index in [0.717, 1.165) is 44.9 Å². The van der Waals surface area contributed by atoms with Gasteiger partial charge >= 0.3 is 0 Å². The van der Waals surface area contributed by atoms with Gasteiger partial charge in [-0.25, -0.2) is 5.06 Å². The Kier molecular flexibility index (Phi) is 20.3. The van der Waals surface area contributed by atoms with Crippen LogP contribution in [0, 0.1) is 0 Å². The molecular weight excluding hydrogens is 290 g/mol. The summed E-state index contributed by atoms with van der Waals surface area (Å²) in [5.74, 6) is 0.526. The maximum Gasteiger partial charge on any atom is 0.245 e. The Morgan fingerprint density at radius 1 is 0.739 bits per heavy atom. The van der Waals surface area contributed by atoms with E-state index in [1.54, 1.807) is 7.05 Å². The fourth-order valence-electron chi connectivity index (χ4n) is 2.05. The molecule has 0 N–H and O–H groups in total. The third kappa shape index (κ3) is 19.1. The molecule has 0 saturated heterocycles. The van der Waals surface area contributed by atoms with Crippen molar-refractivity contribution in [1.82, 2.24) is 5.06 Å². The summed E-state index contributed by atoms with van der Waals surface area (Å²) in [5.41, 5.74) is 0. The normalized spacial score (nSPS) is 9.96. The third-order valence-corrected chi connectivity index (χ3v) is 3.74. The number of rotatable bonds is 13. The summed E-state index contributed by atoms with van der Waals surface area (Å²) in [4.78, 5) is 27.0. The minimum absolute atomic E-state index is 0.0564. The lowest BCUT2D eigenvalue weighted by molar-refractivity contribution is -0.168. The number of nitrogens with zero attached hydrogens (tertiary/aromatic N) is 1. The number of hydrogen-bond acceptors (Lipinski definition) is 3. The molecule has 0 bridgehead atoms. The van der Waals surface area contributed by atoms with Gasteiger partial charge in [-0.2, -0.15) is 0 Å². The number of unbranched alkanes of at least 4 members (excludes halogenated alkanes) is 6. The van der Waals surface area contributed by atoms with Gasteiger partial charge in [-0.05, 0) is 19.3 Å². The molecule has 0 aromatic rings. The molecule has 0 aliphatic heterocycles. The molecule has 0 unspecified atom stereocenters. The van der Waals surface area contributed by atoms with E-state index < -0.39 is 0 Å². The van der Waals surface area contributed by atoms with Crippen LogP contribution in [-0.2, 0) is 14.4 Å². The summed E-state index contributed by atoms with van der Waals surface area (Å²) in [7, 11) is 3.13. The first-order chi connectivity index (χ1) is 11.0. The Bertz CT molecular complexity index is 268. The quantitative estimate of drug-likeness (QED) is 0.340. The van der Waals surface area contributed by atoms with Gasteiger partial charge in [0.1, 0.15) is 5.78 Å². The van der Waals surface area contributed by atoms with Gasteiger partial charge < -0.3 is 0 Å². The maximum atomic E-state index is 11.2. The Hall–Kier alpha value is -0.900. The van der Waals surface area contributed by atoms with Crippen LogP contribution in [0.1, 0.15) is 97.8 Å². The van der Waals surface area contributed by atoms with Gasteiger partial charge in [-0.3, -0.25) is 14.4 Å². The molecule has 4 nitrogen and oxygen atoms in total. The van der Waals surface area contributed by atoms with E-state index in [2.05, 4.69) is 20.8 Å². The summed E-state index contributed by atoms with van der Waals surface area (Å²) in [5, 5.41) is 1.27. The molecule has 0 spiro atoms. The van der Waals surface area contributed by atoms with Gasteiger partial charge in [0, 0.05) is 26.3 Å². The predicted octanol–water partition coefficient (Wildman–Crippen LogP) is 5.30. The molecule has 0 rings (SSSR count). The van der Waals surface area contributed by atoms with Crippen LogP contribution in [0.2, 0.25) is 0 Å². The van der Waals surface area contributed by atoms with Gasteiger partial charge in [0.15, 0.2) is 0 Å². The maximum absolute atomic E-state index is 11.2. The highest BCUT2D eigenvalue weighted by atomic mass is 16.7. The zero-order valence-corrected chi connectivity index (χ0v) is 16.2. The second kappa shape index (κ2) is 19.1. The first-order valence-electron chi connectivity index (χ1n) is 9.35. The van der Waals surface area contributed by atoms with Gasteiger partial charge in [0.25, 0.3) is 0 Å². The average molecular weight is 330 g/mol. The van der Waals surface area contributed by atoms with Gasteiger partial charge in [-0.1, -0.05) is 59.3 Å². The SMILES string of the molecule is CCCCCC(=O)CCCCC.CCCCCC(=O)N(C)OC. The van der Waals surface area contributed by atoms with Crippen molar-refractivity contribution in [3.05, 3.63) is 0 Å². The Balaban J connectivity index is 0. The van der Waals surface area contributed by atoms with Crippen LogP contribution in [0.3, 0.4) is 0 Å². The van der Waals surface area contributed by atoms with Crippen LogP contribution < -0.4 is 0 Å². The number of hydrogen-bond donors (Lipinski definition) is 0. The van der Waals surface area contributed by atoms with Crippen molar-refractivity contribution in [1.29, 1.82) is 0 Å². The lowest BCUT2D eigenvalue weighted by atomic mass is 10.1. The van der Waals surface area contributed by atoms with E-state index in [4.69, 9.17) is 4.84 Å². The number of carbonyl (C=O) groups excluding carboxylic acids is 2. The lowest BCUT2D eigenvalue weighted by Gasteiger charge is -2.12. The van der Waals surface area contributed by atoms with Crippen molar-refractivity contribution >= 4 is 11.7 Å². The number of hydroxylamine groups is 2. The van der Waals surface area contributed by atoms with Gasteiger partial charge in [-0.15, -0.1) is 0 Å². The van der Waals surface area contributed by atoms with Crippen LogP contribution in [-0.4, -0.2) is 30.9 Å². The molecule has 0 fully saturated rings. The van der Waals surface area contributed by atoms with E-state index >= 15 is 0 Å². The Labute approximate surface area is 143 Å². The van der Waals surface area contributed by atoms with E-state index in [9.17, 15) is 9.59 Å². The van der Waals surface area contributed by atoms with Gasteiger partial charge in [0.2, 0.25) is 5.91 Å². The molecule has 0 atom stereocenters. The van der Waals surface area contributed by atoms with Crippen molar-refractivity contribution in [3.8, 4) is 0 Å². The summed E-state index contributed by atoms with van der Waals surface area (Å²) in [6.07, 6.45) is 12.5. The highest BCUT2D eigenvalue weighted by Crippen LogP contribution is 2.06. The molecule has 0 heterocycles. The zero-order chi connectivity index (χ0) is 17.9. The van der Waals surface area contributed by atoms with E-state index in [-0.39, 0.29) is 5.91 Å². The van der Waals surface area contributed by atoms with Crippen molar-refractivity contribution in [3.63, 3.8) is 0 Å². The highest BCUT2D eigenvalue weighted by molar-refractivity contribution is 5.78. The third-order valence-electron chi connectivity index (χ3n) is 3.74. The molecule has 138 valence electrons. The Morgan fingerprint density at radius 3 is 1.48 bits per heavy atom. The van der Waals surface area contributed by atoms with E-state index in [0.29, 0.717) is 12.2 Å². The molecule has 0 aromatic heterocycles. The molecule has 0 radical (unpaired) electrons. The number of ketones is 1. The Morgan fingerprint density at radius 2 is 1.13 bits per heavy atom. The smallest absolute Gasteiger partial charge is 0.245 e. The standard InChI is InChI=1S/C11H22O.C8H17NO2/c1-3-5-7-9-11(12)10-8-6-4-2;1-4-5-6-7-8(10)9(2)11-3/h3-10H2,1-2H3;4-7H2,1-3H3. The minimum atomic E-state index is 0.0564. The second-order valence-electron chi connectivity index (χ2n) is 5.98. The average Bonchev–Trinajstić information content (AvgIpc) is 2.55. The van der Waals surface area contributed by atoms with E-state index in [1.165, 1.54) is 37.9 Å². The minimum Gasteiger partial charge on any atom is -0.300 e. The topological polar surface area (TPSA) is 46.6 Å². The van der Waals surface area contributed by atoms with Crippen LogP contribution >= 0.6 is 0 Å². The number of carbonyl (C=O) groups is 2. The fourth-order valence-corrected chi connectivity index (χ4v) is 2.05. The highest BCUT2D eigenvalue weighted by Gasteiger charge is 2.05. The van der Waals surface area contributed by atoms with Crippen LogP contribution in [0.15, 0.2) is 0 Å². The molecule has 0 aliphatic carbocycles. The van der Waals surface area contributed by atoms with Crippen molar-refractivity contribution in [2.24, 2.45) is 0 Å². The first-order valence-corrected chi connectivity index (χ1v) is 9.35. The van der Waals surface area contributed by atoms with Crippen molar-refractivity contribution in [2.45, 2.75) is 97.8 Å². The predicted molar refractivity (Wildman–Crippen MR) is 97.2 cm³/mol. The molecule has 0 aromatic carbocycles. The molecule has 0 saturated carbocycles. The van der Waals surface area contributed by atoms with Crippen molar-refractivity contribution in [2.75, 3.05) is 14.2 Å². The van der Waals surface area contributed by atoms with Crippen LogP contribution in [0.4, 0.5) is 0 Å². The summed E-state index contributed by atoms with van der Waals surface area (Å²) in [6.45, 7) is 6.45. The van der Waals surface area contributed by atoms with E-state index in [1.807, 2.05) is 0 Å². The number of amides is 1. The monoisotopic (exact) mass is 329 g/mol. The van der Waals surface area contributed by atoms with Crippen LogP contribution in [0.5, 0.6) is 0 Å². The molecular formula is C19H39NO3. The summed E-state index contributed by atoms with van der Waals surface area (Å²) in [6, 6.07) is 0. The molecule has 23 heavy (non-hydrogen) atoms. The molecule has 4 heteroatoms. The zero-order valence-electron chi connectivity index (χ0n) is 16.2. The van der Waals surface area contributed by atoms with Gasteiger partial charge in [0.05, 0.1) is 7.11 Å². The van der Waals surface area contributed by atoms with Crippen LogP contribution in [0.25, 0.3) is 0 Å². The first kappa shape index (κ1) is 24.4. The lowest BCUT2D eigenvalue weighted by Crippen LogP contribution is -2.24. The fraction of sp³-hybridized carbons (Fsp3) is 0.895. The van der Waals surface area contributed by atoms with Crippen molar-refractivity contribution < 1.29 is 14.4 Å². The summed E-state index contributed by atoms with van der Waals surface area (Å²) < 4.78 is 0. The second-order valence-corrected chi connectivity index (χ2v) is 5.98. The molecule has 1 amide bonds. The largest absolute Gasteiger partial charge is 0.300 e.